The van der Waals surface area contributed by atoms with Crippen LogP contribution in [-0.2, 0) is 26.2 Å². The summed E-state index contributed by atoms with van der Waals surface area (Å²) >= 11 is 3.35. The number of hydrogen-bond donors (Lipinski definition) is 1. The zero-order chi connectivity index (χ0) is 31.8. The summed E-state index contributed by atoms with van der Waals surface area (Å²) in [5, 5.41) is 2.97. The minimum Gasteiger partial charge on any atom is -0.497 e. The van der Waals surface area contributed by atoms with Gasteiger partial charge in [0, 0.05) is 16.6 Å². The maximum atomic E-state index is 14.2. The number of ether oxygens (including phenoxy) is 2. The largest absolute Gasteiger partial charge is 0.497 e. The summed E-state index contributed by atoms with van der Waals surface area (Å²) in [4.78, 5) is 29.2. The van der Waals surface area contributed by atoms with E-state index in [2.05, 4.69) is 21.2 Å². The lowest BCUT2D eigenvalue weighted by atomic mass is 10.1. The van der Waals surface area contributed by atoms with E-state index in [-0.39, 0.29) is 23.0 Å². The Hall–Kier alpha value is -3.57. The second-order valence-corrected chi connectivity index (χ2v) is 13.7. The third-order valence-corrected chi connectivity index (χ3v) is 8.80. The molecule has 1 N–H and O–H groups in total. The third kappa shape index (κ3) is 9.21. The first-order chi connectivity index (χ1) is 20.3. The van der Waals surface area contributed by atoms with E-state index < -0.39 is 34.1 Å². The summed E-state index contributed by atoms with van der Waals surface area (Å²) in [6.45, 7) is 9.26. The van der Waals surface area contributed by atoms with Crippen LogP contribution in [-0.4, -0.2) is 57.0 Å². The fourth-order valence-electron chi connectivity index (χ4n) is 4.48. The van der Waals surface area contributed by atoms with E-state index in [1.807, 2.05) is 40.7 Å². The molecule has 2 amide bonds. The highest BCUT2D eigenvalue weighted by Crippen LogP contribution is 2.28. The van der Waals surface area contributed by atoms with Crippen molar-refractivity contribution in [2.24, 2.45) is 0 Å². The average molecular weight is 675 g/mol. The lowest BCUT2D eigenvalue weighted by molar-refractivity contribution is -0.141. The van der Waals surface area contributed by atoms with Crippen LogP contribution < -0.4 is 19.1 Å². The quantitative estimate of drug-likeness (QED) is 0.247. The standard InChI is InChI=1S/C32H40BrN3O6S/c1-7-29(31(38)34-32(3,4)5)35(21-23-10-9-11-27(20-23)41-6)30(37)22-36(25-14-16-26(17-15-25)42-8-2)43(39,40)28-18-12-24(33)13-19-28/h9-20,29H,7-8,21-22H2,1-6H3,(H,34,38)/t29-/m0/s1. The summed E-state index contributed by atoms with van der Waals surface area (Å²) in [6.07, 6.45) is 0.320. The van der Waals surface area contributed by atoms with E-state index in [0.29, 0.717) is 24.5 Å². The molecule has 0 aliphatic rings. The van der Waals surface area contributed by atoms with Gasteiger partial charge in [0.25, 0.3) is 10.0 Å². The van der Waals surface area contributed by atoms with Gasteiger partial charge in [0.1, 0.15) is 24.1 Å². The fraction of sp³-hybridized carbons (Fsp3) is 0.375. The summed E-state index contributed by atoms with van der Waals surface area (Å²) in [5.74, 6) is 0.317. The first-order valence-corrected chi connectivity index (χ1v) is 16.3. The lowest BCUT2D eigenvalue weighted by Gasteiger charge is -2.34. The van der Waals surface area contributed by atoms with Crippen LogP contribution in [0.3, 0.4) is 0 Å². The van der Waals surface area contributed by atoms with Crippen molar-refractivity contribution in [3.8, 4) is 11.5 Å². The van der Waals surface area contributed by atoms with Gasteiger partial charge < -0.3 is 19.7 Å². The number of benzene rings is 3. The molecule has 0 aliphatic carbocycles. The number of carbonyl (C=O) groups is 2. The molecule has 0 saturated carbocycles. The Labute approximate surface area is 263 Å². The number of rotatable bonds is 13. The highest BCUT2D eigenvalue weighted by Gasteiger charge is 2.34. The maximum absolute atomic E-state index is 14.2. The van der Waals surface area contributed by atoms with Crippen molar-refractivity contribution in [1.29, 1.82) is 0 Å². The molecule has 0 saturated heterocycles. The molecule has 0 heterocycles. The zero-order valence-electron chi connectivity index (χ0n) is 25.5. The predicted octanol–water partition coefficient (Wildman–Crippen LogP) is 5.77. The summed E-state index contributed by atoms with van der Waals surface area (Å²) in [6, 6.07) is 19.1. The van der Waals surface area contributed by atoms with E-state index >= 15 is 0 Å². The zero-order valence-corrected chi connectivity index (χ0v) is 27.9. The summed E-state index contributed by atoms with van der Waals surface area (Å²) < 4.78 is 40.7. The molecule has 0 unspecified atom stereocenters. The number of halogens is 1. The second-order valence-electron chi connectivity index (χ2n) is 10.9. The van der Waals surface area contributed by atoms with Crippen LogP contribution in [0.1, 0.15) is 46.6 Å². The molecule has 11 heteroatoms. The Morgan fingerprint density at radius 3 is 2.16 bits per heavy atom. The van der Waals surface area contributed by atoms with Gasteiger partial charge in [-0.1, -0.05) is 35.0 Å². The molecule has 232 valence electrons. The minimum absolute atomic E-state index is 0.0225. The van der Waals surface area contributed by atoms with E-state index in [4.69, 9.17) is 9.47 Å². The van der Waals surface area contributed by atoms with Crippen molar-refractivity contribution in [2.45, 2.75) is 64.1 Å². The van der Waals surface area contributed by atoms with Crippen molar-refractivity contribution in [1.82, 2.24) is 10.2 Å². The van der Waals surface area contributed by atoms with Crippen molar-refractivity contribution in [2.75, 3.05) is 24.6 Å². The highest BCUT2D eigenvalue weighted by molar-refractivity contribution is 9.10. The Balaban J connectivity index is 2.08. The number of hydrogen-bond acceptors (Lipinski definition) is 6. The van der Waals surface area contributed by atoms with Gasteiger partial charge in [-0.3, -0.25) is 13.9 Å². The van der Waals surface area contributed by atoms with Crippen molar-refractivity contribution < 1.29 is 27.5 Å². The van der Waals surface area contributed by atoms with Crippen LogP contribution in [0, 0.1) is 0 Å². The number of anilines is 1. The molecule has 0 bridgehead atoms. The van der Waals surface area contributed by atoms with Crippen LogP contribution in [0.4, 0.5) is 5.69 Å². The van der Waals surface area contributed by atoms with Crippen LogP contribution in [0.2, 0.25) is 0 Å². The molecule has 3 aromatic carbocycles. The molecule has 0 aliphatic heterocycles. The second kappa shape index (κ2) is 14.7. The summed E-state index contributed by atoms with van der Waals surface area (Å²) in [7, 11) is -2.64. The Bertz CT molecular complexity index is 1490. The average Bonchev–Trinajstić information content (AvgIpc) is 2.95. The Morgan fingerprint density at radius 2 is 1.60 bits per heavy atom. The van der Waals surface area contributed by atoms with Crippen molar-refractivity contribution in [3.05, 3.63) is 82.8 Å². The van der Waals surface area contributed by atoms with E-state index in [0.717, 1.165) is 14.3 Å². The normalized spacial score (nSPS) is 12.3. The van der Waals surface area contributed by atoms with Gasteiger partial charge >= 0.3 is 0 Å². The number of amides is 2. The van der Waals surface area contributed by atoms with Gasteiger partial charge in [-0.2, -0.15) is 0 Å². The number of methoxy groups -OCH3 is 1. The molecule has 3 rings (SSSR count). The minimum atomic E-state index is -4.19. The topological polar surface area (TPSA) is 105 Å². The van der Waals surface area contributed by atoms with E-state index in [1.165, 1.54) is 17.0 Å². The van der Waals surface area contributed by atoms with Gasteiger partial charge in [0.05, 0.1) is 24.3 Å². The smallest absolute Gasteiger partial charge is 0.264 e. The first-order valence-electron chi connectivity index (χ1n) is 14.0. The number of carbonyl (C=O) groups excluding carboxylic acids is 2. The van der Waals surface area contributed by atoms with Gasteiger partial charge in [-0.15, -0.1) is 0 Å². The lowest BCUT2D eigenvalue weighted by Crippen LogP contribution is -2.55. The van der Waals surface area contributed by atoms with Gasteiger partial charge in [-0.05, 0) is 100 Å². The van der Waals surface area contributed by atoms with Crippen LogP contribution in [0.25, 0.3) is 0 Å². The molecular weight excluding hydrogens is 634 g/mol. The summed E-state index contributed by atoms with van der Waals surface area (Å²) in [5.41, 5.74) is 0.486. The van der Waals surface area contributed by atoms with Gasteiger partial charge in [0.2, 0.25) is 11.8 Å². The molecule has 0 radical (unpaired) electrons. The molecule has 0 aromatic heterocycles. The maximum Gasteiger partial charge on any atom is 0.264 e. The van der Waals surface area contributed by atoms with E-state index in [1.54, 1.807) is 61.7 Å². The van der Waals surface area contributed by atoms with Crippen molar-refractivity contribution in [3.63, 3.8) is 0 Å². The number of nitrogens with one attached hydrogen (secondary N) is 1. The molecule has 9 nitrogen and oxygen atoms in total. The Kier molecular flexibility index (Phi) is 11.6. The number of nitrogens with zero attached hydrogens (tertiary/aromatic N) is 2. The van der Waals surface area contributed by atoms with Gasteiger partial charge in [0.15, 0.2) is 0 Å². The SMILES string of the molecule is CCOc1ccc(N(CC(=O)N(Cc2cccc(OC)c2)[C@@H](CC)C(=O)NC(C)(C)C)S(=O)(=O)c2ccc(Br)cc2)cc1. The van der Waals surface area contributed by atoms with Crippen LogP contribution >= 0.6 is 15.9 Å². The molecule has 43 heavy (non-hydrogen) atoms. The molecular formula is C32H40BrN3O6S. The van der Waals surface area contributed by atoms with E-state index in [9.17, 15) is 18.0 Å². The molecule has 0 fully saturated rings. The predicted molar refractivity (Wildman–Crippen MR) is 172 cm³/mol. The highest BCUT2D eigenvalue weighted by atomic mass is 79.9. The van der Waals surface area contributed by atoms with Gasteiger partial charge in [-0.25, -0.2) is 8.42 Å². The Morgan fingerprint density at radius 1 is 0.953 bits per heavy atom. The molecule has 1 atom stereocenters. The fourth-order valence-corrected chi connectivity index (χ4v) is 6.16. The monoisotopic (exact) mass is 673 g/mol. The van der Waals surface area contributed by atoms with Crippen LogP contribution in [0.5, 0.6) is 11.5 Å². The number of sulfonamides is 1. The molecule has 3 aromatic rings. The first kappa shape index (κ1) is 33.9. The van der Waals surface area contributed by atoms with Crippen molar-refractivity contribution >= 4 is 43.5 Å². The van der Waals surface area contributed by atoms with Crippen LogP contribution in [0.15, 0.2) is 82.2 Å². The third-order valence-electron chi connectivity index (χ3n) is 6.49. The molecule has 0 spiro atoms.